The first-order valence-electron chi connectivity index (χ1n) is 4.73. The molecule has 4 heteroatoms. The Labute approximate surface area is 103 Å². The van der Waals surface area contributed by atoms with Gasteiger partial charge in [0.2, 0.25) is 0 Å². The summed E-state index contributed by atoms with van der Waals surface area (Å²) in [5.74, 6) is 0. The molecule has 2 nitrogen and oxygen atoms in total. The van der Waals surface area contributed by atoms with Crippen LogP contribution < -0.4 is 5.56 Å². The van der Waals surface area contributed by atoms with E-state index in [-0.39, 0.29) is 5.56 Å². The lowest BCUT2D eigenvalue weighted by Gasteiger charge is -2.10. The minimum atomic E-state index is -0.157. The van der Waals surface area contributed by atoms with Gasteiger partial charge in [-0.25, -0.2) is 0 Å². The normalized spacial score (nSPS) is 10.4. The van der Waals surface area contributed by atoms with E-state index < -0.39 is 0 Å². The fourth-order valence-electron chi connectivity index (χ4n) is 1.53. The van der Waals surface area contributed by atoms with E-state index in [1.54, 1.807) is 30.5 Å². The van der Waals surface area contributed by atoms with Crippen LogP contribution in [0, 0.1) is 6.92 Å². The van der Waals surface area contributed by atoms with Crippen molar-refractivity contribution in [2.75, 3.05) is 0 Å². The number of benzene rings is 1. The first-order chi connectivity index (χ1) is 7.59. The number of halogens is 2. The minimum absolute atomic E-state index is 0.157. The van der Waals surface area contributed by atoms with Crippen molar-refractivity contribution >= 4 is 23.2 Å². The van der Waals surface area contributed by atoms with E-state index >= 15 is 0 Å². The topological polar surface area (TPSA) is 22.0 Å². The lowest BCUT2D eigenvalue weighted by Crippen LogP contribution is -2.16. The fraction of sp³-hybridized carbons (Fsp3) is 0.0833. The fourth-order valence-corrected chi connectivity index (χ4v) is 2.31. The molecule has 2 aromatic rings. The SMILES string of the molecule is Cc1cc(Cl)c(-n2ccccc2=O)c(Cl)c1. The molecule has 1 aromatic carbocycles. The van der Waals surface area contributed by atoms with Crippen molar-refractivity contribution in [3.8, 4) is 5.69 Å². The number of pyridine rings is 1. The molecule has 0 bridgehead atoms. The lowest BCUT2D eigenvalue weighted by atomic mass is 10.2. The van der Waals surface area contributed by atoms with Gasteiger partial charge in [0.05, 0.1) is 15.7 Å². The molecule has 0 unspecified atom stereocenters. The summed E-state index contributed by atoms with van der Waals surface area (Å²) in [4.78, 5) is 11.7. The molecule has 1 aromatic heterocycles. The van der Waals surface area contributed by atoms with Crippen molar-refractivity contribution in [2.45, 2.75) is 6.92 Å². The molecule has 0 aliphatic carbocycles. The van der Waals surface area contributed by atoms with Crippen LogP contribution >= 0.6 is 23.2 Å². The van der Waals surface area contributed by atoms with Gasteiger partial charge in [-0.3, -0.25) is 9.36 Å². The first-order valence-corrected chi connectivity index (χ1v) is 5.49. The van der Waals surface area contributed by atoms with Gasteiger partial charge in [-0.15, -0.1) is 0 Å². The Morgan fingerprint density at radius 3 is 2.31 bits per heavy atom. The second-order valence-corrected chi connectivity index (χ2v) is 4.30. The highest BCUT2D eigenvalue weighted by atomic mass is 35.5. The third-order valence-electron chi connectivity index (χ3n) is 2.22. The van der Waals surface area contributed by atoms with Gasteiger partial charge in [-0.1, -0.05) is 29.3 Å². The maximum absolute atomic E-state index is 11.7. The van der Waals surface area contributed by atoms with Gasteiger partial charge in [-0.2, -0.15) is 0 Å². The average Bonchev–Trinajstić information content (AvgIpc) is 2.19. The van der Waals surface area contributed by atoms with E-state index in [2.05, 4.69) is 0 Å². The Bertz CT molecular complexity index is 567. The predicted octanol–water partition coefficient (Wildman–Crippen LogP) is 3.45. The van der Waals surface area contributed by atoms with Crippen LogP contribution in [0.1, 0.15) is 5.56 Å². The molecule has 0 aliphatic rings. The second-order valence-electron chi connectivity index (χ2n) is 3.49. The molecular weight excluding hydrogens is 245 g/mol. The first kappa shape index (κ1) is 11.2. The minimum Gasteiger partial charge on any atom is -0.281 e. The third-order valence-corrected chi connectivity index (χ3v) is 2.80. The zero-order valence-electron chi connectivity index (χ0n) is 8.58. The summed E-state index contributed by atoms with van der Waals surface area (Å²) in [7, 11) is 0. The summed E-state index contributed by atoms with van der Waals surface area (Å²) in [6.07, 6.45) is 1.64. The van der Waals surface area contributed by atoms with Crippen LogP contribution in [-0.2, 0) is 0 Å². The van der Waals surface area contributed by atoms with Crippen LogP contribution in [0.2, 0.25) is 10.0 Å². The average molecular weight is 254 g/mol. The van der Waals surface area contributed by atoms with Crippen LogP contribution in [0.15, 0.2) is 41.3 Å². The van der Waals surface area contributed by atoms with Gasteiger partial charge in [-0.05, 0) is 30.7 Å². The molecule has 0 fully saturated rings. The number of hydrogen-bond donors (Lipinski definition) is 0. The predicted molar refractivity (Wildman–Crippen MR) is 66.8 cm³/mol. The third kappa shape index (κ3) is 1.99. The van der Waals surface area contributed by atoms with Gasteiger partial charge in [0.1, 0.15) is 0 Å². The summed E-state index contributed by atoms with van der Waals surface area (Å²) in [6.45, 7) is 1.90. The van der Waals surface area contributed by atoms with Crippen LogP contribution in [0.3, 0.4) is 0 Å². The highest BCUT2D eigenvalue weighted by Gasteiger charge is 2.09. The summed E-state index contributed by atoms with van der Waals surface area (Å²) in [5.41, 5.74) is 1.33. The molecule has 0 atom stereocenters. The van der Waals surface area contributed by atoms with E-state index in [0.717, 1.165) is 5.56 Å². The quantitative estimate of drug-likeness (QED) is 0.763. The molecular formula is C12H9Cl2NO. The van der Waals surface area contributed by atoms with Gasteiger partial charge >= 0.3 is 0 Å². The Balaban J connectivity index is 2.75. The van der Waals surface area contributed by atoms with Crippen molar-refractivity contribution in [3.63, 3.8) is 0 Å². The summed E-state index contributed by atoms with van der Waals surface area (Å²) < 4.78 is 1.43. The summed E-state index contributed by atoms with van der Waals surface area (Å²) in [5, 5.41) is 0.941. The molecule has 82 valence electrons. The van der Waals surface area contributed by atoms with E-state index in [4.69, 9.17) is 23.2 Å². The Morgan fingerprint density at radius 1 is 1.12 bits per heavy atom. The number of nitrogens with zero attached hydrogens (tertiary/aromatic N) is 1. The van der Waals surface area contributed by atoms with E-state index in [1.165, 1.54) is 10.6 Å². The van der Waals surface area contributed by atoms with Crippen LogP contribution in [0.25, 0.3) is 5.69 Å². The highest BCUT2D eigenvalue weighted by Crippen LogP contribution is 2.28. The van der Waals surface area contributed by atoms with Gasteiger partial charge in [0.25, 0.3) is 5.56 Å². The van der Waals surface area contributed by atoms with Crippen molar-refractivity contribution in [3.05, 3.63) is 62.5 Å². The molecule has 0 saturated heterocycles. The zero-order chi connectivity index (χ0) is 11.7. The summed E-state index contributed by atoms with van der Waals surface area (Å²) >= 11 is 12.2. The zero-order valence-corrected chi connectivity index (χ0v) is 10.1. The Kier molecular flexibility index (Phi) is 3.03. The number of aryl methyl sites for hydroxylation is 1. The molecule has 0 amide bonds. The van der Waals surface area contributed by atoms with E-state index in [9.17, 15) is 4.79 Å². The largest absolute Gasteiger partial charge is 0.281 e. The van der Waals surface area contributed by atoms with Crippen molar-refractivity contribution in [2.24, 2.45) is 0 Å². The van der Waals surface area contributed by atoms with Crippen molar-refractivity contribution < 1.29 is 0 Å². The smallest absolute Gasteiger partial charge is 0.255 e. The maximum atomic E-state index is 11.7. The maximum Gasteiger partial charge on any atom is 0.255 e. The second kappa shape index (κ2) is 4.32. The number of aromatic nitrogens is 1. The molecule has 0 radical (unpaired) electrons. The van der Waals surface area contributed by atoms with Gasteiger partial charge in [0, 0.05) is 12.3 Å². The molecule has 16 heavy (non-hydrogen) atoms. The number of hydrogen-bond acceptors (Lipinski definition) is 1. The number of rotatable bonds is 1. The molecule has 2 rings (SSSR count). The molecule has 0 saturated carbocycles. The van der Waals surface area contributed by atoms with Crippen molar-refractivity contribution in [1.29, 1.82) is 0 Å². The van der Waals surface area contributed by atoms with Gasteiger partial charge in [0.15, 0.2) is 0 Å². The molecule has 0 aliphatic heterocycles. The van der Waals surface area contributed by atoms with Crippen LogP contribution in [0.4, 0.5) is 0 Å². The van der Waals surface area contributed by atoms with E-state index in [1.807, 2.05) is 6.92 Å². The standard InChI is InChI=1S/C12H9Cl2NO/c1-8-6-9(13)12(10(14)7-8)15-5-3-2-4-11(15)16/h2-7H,1H3. The molecule has 0 spiro atoms. The van der Waals surface area contributed by atoms with Crippen molar-refractivity contribution in [1.82, 2.24) is 4.57 Å². The van der Waals surface area contributed by atoms with Gasteiger partial charge < -0.3 is 0 Å². The van der Waals surface area contributed by atoms with E-state index in [0.29, 0.717) is 15.7 Å². The highest BCUT2D eigenvalue weighted by molar-refractivity contribution is 6.37. The lowest BCUT2D eigenvalue weighted by molar-refractivity contribution is 0.990. The monoisotopic (exact) mass is 253 g/mol. The van der Waals surface area contributed by atoms with Crippen LogP contribution in [-0.4, -0.2) is 4.57 Å². The summed E-state index contributed by atoms with van der Waals surface area (Å²) in [6, 6.07) is 8.46. The molecule has 1 heterocycles. The molecule has 0 N–H and O–H groups in total. The Morgan fingerprint density at radius 2 is 1.75 bits per heavy atom. The van der Waals surface area contributed by atoms with Crippen LogP contribution in [0.5, 0.6) is 0 Å². The Hall–Kier alpha value is -1.25.